The first kappa shape index (κ1) is 14.0. The monoisotopic (exact) mass is 289 g/mol. The van der Waals surface area contributed by atoms with Crippen LogP contribution >= 0.6 is 0 Å². The fraction of sp³-hybridized carbons (Fsp3) is 0.600. The van der Waals surface area contributed by atoms with Crippen LogP contribution in [0.2, 0.25) is 0 Å². The van der Waals surface area contributed by atoms with Gasteiger partial charge in [-0.3, -0.25) is 4.79 Å². The molecule has 0 bridgehead atoms. The molecule has 19 heavy (non-hydrogen) atoms. The van der Waals surface area contributed by atoms with E-state index in [4.69, 9.17) is 4.74 Å². The number of hydrogen-bond donors (Lipinski definition) is 2. The number of ether oxygens (including phenoxy) is 1. The second-order valence-electron chi connectivity index (χ2n) is 4.24. The fourth-order valence-corrected chi connectivity index (χ4v) is 3.51. The Morgan fingerprint density at radius 1 is 1.68 bits per heavy atom. The van der Waals surface area contributed by atoms with Crippen molar-refractivity contribution in [1.29, 1.82) is 0 Å². The van der Waals surface area contributed by atoms with Gasteiger partial charge in [0.2, 0.25) is 10.0 Å². The first-order chi connectivity index (χ1) is 8.95. The molecular weight excluding hydrogens is 274 g/mol. The van der Waals surface area contributed by atoms with Crippen molar-refractivity contribution >= 4 is 16.0 Å². The van der Waals surface area contributed by atoms with E-state index in [9.17, 15) is 18.3 Å². The van der Waals surface area contributed by atoms with E-state index in [1.54, 1.807) is 0 Å². The highest BCUT2D eigenvalue weighted by atomic mass is 32.2. The van der Waals surface area contributed by atoms with E-state index in [1.807, 2.05) is 0 Å². The molecule has 1 aromatic rings. The summed E-state index contributed by atoms with van der Waals surface area (Å²) in [5, 5.41) is 9.19. The number of aromatic nitrogens is 2. The van der Waals surface area contributed by atoms with Gasteiger partial charge in [-0.1, -0.05) is 0 Å². The maximum atomic E-state index is 12.1. The Balaban J connectivity index is 2.29. The molecule has 0 spiro atoms. The van der Waals surface area contributed by atoms with Crippen molar-refractivity contribution in [3.05, 3.63) is 17.7 Å². The third-order valence-corrected chi connectivity index (χ3v) is 4.82. The van der Waals surface area contributed by atoms with Crippen LogP contribution in [0.1, 0.15) is 11.4 Å². The Hall–Kier alpha value is -1.45. The highest BCUT2D eigenvalue weighted by molar-refractivity contribution is 7.89. The first-order valence-electron chi connectivity index (χ1n) is 5.68. The van der Waals surface area contributed by atoms with Crippen LogP contribution in [0.3, 0.4) is 0 Å². The Morgan fingerprint density at radius 2 is 2.42 bits per heavy atom. The van der Waals surface area contributed by atoms with Gasteiger partial charge in [0.15, 0.2) is 0 Å². The Morgan fingerprint density at radius 3 is 3.05 bits per heavy atom. The van der Waals surface area contributed by atoms with Crippen LogP contribution in [0.25, 0.3) is 0 Å². The van der Waals surface area contributed by atoms with Crippen molar-refractivity contribution in [3.8, 4) is 0 Å². The van der Waals surface area contributed by atoms with E-state index in [0.29, 0.717) is 11.4 Å². The number of hydrogen-bond acceptors (Lipinski definition) is 5. The number of aromatic amines is 1. The Labute approximate surface area is 110 Å². The van der Waals surface area contributed by atoms with Crippen LogP contribution in [0.15, 0.2) is 6.33 Å². The van der Waals surface area contributed by atoms with Crippen LogP contribution in [0.5, 0.6) is 0 Å². The number of carboxylic acid groups (broad SMARTS) is 1. The van der Waals surface area contributed by atoms with Crippen LogP contribution in [0, 0.1) is 0 Å². The molecule has 106 valence electrons. The lowest BCUT2D eigenvalue weighted by molar-refractivity contribution is -0.141. The molecule has 2 rings (SSSR count). The SMILES string of the molecule is COCCS(=O)(=O)N1Cc2[nH]cnc2CC1C(=O)O. The van der Waals surface area contributed by atoms with Crippen LogP contribution in [0.4, 0.5) is 0 Å². The largest absolute Gasteiger partial charge is 0.480 e. The minimum Gasteiger partial charge on any atom is -0.480 e. The normalized spacial score (nSPS) is 20.2. The molecule has 1 aliphatic heterocycles. The second kappa shape index (κ2) is 5.27. The second-order valence-corrected chi connectivity index (χ2v) is 6.28. The van der Waals surface area contributed by atoms with Crippen molar-refractivity contribution in [3.63, 3.8) is 0 Å². The number of nitrogens with one attached hydrogen (secondary N) is 1. The summed E-state index contributed by atoms with van der Waals surface area (Å²) in [4.78, 5) is 18.1. The predicted octanol–water partition coefficient (Wildman–Crippen LogP) is -0.803. The molecule has 0 aromatic carbocycles. The summed E-state index contributed by atoms with van der Waals surface area (Å²) >= 11 is 0. The number of sulfonamides is 1. The molecule has 0 amide bonds. The van der Waals surface area contributed by atoms with E-state index < -0.39 is 22.0 Å². The molecule has 1 atom stereocenters. The summed E-state index contributed by atoms with van der Waals surface area (Å²) < 4.78 is 30.0. The zero-order valence-electron chi connectivity index (χ0n) is 10.4. The van der Waals surface area contributed by atoms with Crippen LogP contribution in [-0.4, -0.2) is 59.3 Å². The number of nitrogens with zero attached hydrogens (tertiary/aromatic N) is 2. The number of methoxy groups -OCH3 is 1. The molecule has 0 saturated carbocycles. The molecular formula is C10H15N3O5S. The van der Waals surface area contributed by atoms with Crippen LogP contribution in [-0.2, 0) is 32.5 Å². The molecule has 0 fully saturated rings. The van der Waals surface area contributed by atoms with E-state index >= 15 is 0 Å². The van der Waals surface area contributed by atoms with Gasteiger partial charge in [-0.15, -0.1) is 0 Å². The molecule has 1 aromatic heterocycles. The molecule has 0 radical (unpaired) electrons. The van der Waals surface area contributed by atoms with Gasteiger partial charge in [0.25, 0.3) is 0 Å². The van der Waals surface area contributed by atoms with Gasteiger partial charge >= 0.3 is 5.97 Å². The number of carbonyl (C=O) groups is 1. The summed E-state index contributed by atoms with van der Waals surface area (Å²) in [7, 11) is -2.28. The molecule has 8 nitrogen and oxygen atoms in total. The van der Waals surface area contributed by atoms with Crippen molar-refractivity contribution in [1.82, 2.24) is 14.3 Å². The van der Waals surface area contributed by atoms with Crippen LogP contribution < -0.4 is 0 Å². The molecule has 2 heterocycles. The van der Waals surface area contributed by atoms with Gasteiger partial charge in [0.05, 0.1) is 36.6 Å². The average molecular weight is 289 g/mol. The number of fused-ring (bicyclic) bond motifs is 1. The van der Waals surface area contributed by atoms with Gasteiger partial charge in [-0.05, 0) is 0 Å². The van der Waals surface area contributed by atoms with Gasteiger partial charge in [-0.25, -0.2) is 13.4 Å². The lowest BCUT2D eigenvalue weighted by atomic mass is 10.1. The maximum absolute atomic E-state index is 12.1. The molecule has 0 aliphatic carbocycles. The quantitative estimate of drug-likeness (QED) is 0.733. The predicted molar refractivity (Wildman–Crippen MR) is 64.9 cm³/mol. The number of rotatable bonds is 5. The van der Waals surface area contributed by atoms with Crippen molar-refractivity contribution in [2.24, 2.45) is 0 Å². The summed E-state index contributed by atoms with van der Waals surface area (Å²) in [5.74, 6) is -1.41. The van der Waals surface area contributed by atoms with Crippen molar-refractivity contribution in [2.75, 3.05) is 19.5 Å². The number of imidazole rings is 1. The number of aliphatic carboxylic acids is 1. The zero-order valence-corrected chi connectivity index (χ0v) is 11.2. The lowest BCUT2D eigenvalue weighted by Gasteiger charge is -2.31. The highest BCUT2D eigenvalue weighted by Gasteiger charge is 2.39. The standard InChI is InChI=1S/C10H15N3O5S/c1-18-2-3-19(16,17)13-5-8-7(11-6-12-8)4-9(13)10(14)15/h6,9H,2-5H2,1H3,(H,11,12)(H,14,15). The highest BCUT2D eigenvalue weighted by Crippen LogP contribution is 2.23. The third-order valence-electron chi connectivity index (χ3n) is 3.04. The molecule has 0 saturated heterocycles. The fourth-order valence-electron chi connectivity index (χ4n) is 2.02. The summed E-state index contributed by atoms with van der Waals surface area (Å²) in [6, 6.07) is -1.11. The Kier molecular flexibility index (Phi) is 3.88. The van der Waals surface area contributed by atoms with E-state index in [-0.39, 0.29) is 25.3 Å². The lowest BCUT2D eigenvalue weighted by Crippen LogP contribution is -2.49. The zero-order chi connectivity index (χ0) is 14.0. The molecule has 1 unspecified atom stereocenters. The molecule has 2 N–H and O–H groups in total. The summed E-state index contributed by atoms with van der Waals surface area (Å²) in [5.41, 5.74) is 1.24. The third kappa shape index (κ3) is 2.77. The van der Waals surface area contributed by atoms with Crippen molar-refractivity contribution in [2.45, 2.75) is 19.0 Å². The minimum absolute atomic E-state index is 0.00164. The smallest absolute Gasteiger partial charge is 0.322 e. The Bertz CT molecular complexity index is 567. The van der Waals surface area contributed by atoms with E-state index in [1.165, 1.54) is 13.4 Å². The average Bonchev–Trinajstić information content (AvgIpc) is 2.82. The van der Waals surface area contributed by atoms with Gasteiger partial charge < -0.3 is 14.8 Å². The van der Waals surface area contributed by atoms with Gasteiger partial charge in [0, 0.05) is 13.5 Å². The topological polar surface area (TPSA) is 113 Å². The minimum atomic E-state index is -3.68. The molecule has 9 heteroatoms. The number of carboxylic acids is 1. The van der Waals surface area contributed by atoms with Crippen molar-refractivity contribution < 1.29 is 23.1 Å². The van der Waals surface area contributed by atoms with E-state index in [2.05, 4.69) is 9.97 Å². The first-order valence-corrected chi connectivity index (χ1v) is 7.29. The van der Waals surface area contributed by atoms with E-state index in [0.717, 1.165) is 4.31 Å². The summed E-state index contributed by atoms with van der Waals surface area (Å²) in [6.45, 7) is 0.0271. The summed E-state index contributed by atoms with van der Waals surface area (Å²) in [6.07, 6.45) is 1.51. The number of H-pyrrole nitrogens is 1. The van der Waals surface area contributed by atoms with Gasteiger partial charge in [0.1, 0.15) is 6.04 Å². The molecule has 1 aliphatic rings. The maximum Gasteiger partial charge on any atom is 0.322 e. The van der Waals surface area contributed by atoms with Gasteiger partial charge in [-0.2, -0.15) is 4.31 Å².